The molecule has 0 spiro atoms. The highest BCUT2D eigenvalue weighted by Gasteiger charge is 2.24. The lowest BCUT2D eigenvalue weighted by Gasteiger charge is -2.27. The molecule has 2 aliphatic heterocycles. The molecule has 0 atom stereocenters. The minimum Gasteiger partial charge on any atom is -0.457 e. The minimum atomic E-state index is 0.813. The Morgan fingerprint density at radius 3 is 2.61 bits per heavy atom. The highest BCUT2D eigenvalue weighted by Crippen LogP contribution is 2.36. The van der Waals surface area contributed by atoms with Crippen molar-refractivity contribution in [1.29, 1.82) is 0 Å². The van der Waals surface area contributed by atoms with Gasteiger partial charge < -0.3 is 14.5 Å². The maximum atomic E-state index is 6.42. The summed E-state index contributed by atoms with van der Waals surface area (Å²) in [6, 6.07) is 27.4. The van der Waals surface area contributed by atoms with Gasteiger partial charge in [-0.15, -0.1) is 0 Å². The zero-order chi connectivity index (χ0) is 24.1. The highest BCUT2D eigenvalue weighted by atomic mass is 16.5. The first-order valence-electron chi connectivity index (χ1n) is 12.7. The van der Waals surface area contributed by atoms with Crippen LogP contribution in [0.1, 0.15) is 24.8 Å². The second kappa shape index (κ2) is 8.45. The summed E-state index contributed by atoms with van der Waals surface area (Å²) in [7, 11) is 0. The van der Waals surface area contributed by atoms with Gasteiger partial charge in [-0.25, -0.2) is 4.98 Å². The average molecular weight is 473 g/mol. The molecule has 7 rings (SSSR count). The van der Waals surface area contributed by atoms with Gasteiger partial charge in [0.15, 0.2) is 0 Å². The highest BCUT2D eigenvalue weighted by molar-refractivity contribution is 6.09. The number of nitrogens with zero attached hydrogens (tertiary/aromatic N) is 4. The van der Waals surface area contributed by atoms with Crippen LogP contribution in [0.3, 0.4) is 0 Å². The fourth-order valence-corrected chi connectivity index (χ4v) is 5.54. The van der Waals surface area contributed by atoms with Crippen LogP contribution in [0, 0.1) is 6.92 Å². The number of anilines is 1. The maximum Gasteiger partial charge on any atom is 0.137 e. The Balaban J connectivity index is 1.26. The maximum absolute atomic E-state index is 6.42. The van der Waals surface area contributed by atoms with E-state index in [1.54, 1.807) is 0 Å². The van der Waals surface area contributed by atoms with Crippen molar-refractivity contribution in [3.63, 3.8) is 0 Å². The topological polar surface area (TPSA) is 33.5 Å². The van der Waals surface area contributed by atoms with Gasteiger partial charge in [-0.05, 0) is 74.2 Å². The predicted octanol–water partition coefficient (Wildman–Crippen LogP) is 7.38. The Hall–Kier alpha value is -4.25. The minimum absolute atomic E-state index is 0.813. The van der Waals surface area contributed by atoms with E-state index in [0.717, 1.165) is 47.3 Å². The van der Waals surface area contributed by atoms with Crippen molar-refractivity contribution in [2.45, 2.75) is 26.2 Å². The summed E-state index contributed by atoms with van der Waals surface area (Å²) in [5.74, 6) is 2.57. The average Bonchev–Trinajstić information content (AvgIpc) is 3.48. The molecular weight excluding hydrogens is 444 g/mol. The van der Waals surface area contributed by atoms with Gasteiger partial charge in [0, 0.05) is 53.2 Å². The number of para-hydroxylation sites is 1. The van der Waals surface area contributed by atoms with E-state index >= 15 is 0 Å². The zero-order valence-corrected chi connectivity index (χ0v) is 20.4. The van der Waals surface area contributed by atoms with Crippen molar-refractivity contribution in [1.82, 2.24) is 14.5 Å². The van der Waals surface area contributed by atoms with E-state index in [-0.39, 0.29) is 0 Å². The molecule has 0 amide bonds. The number of pyridine rings is 1. The summed E-state index contributed by atoms with van der Waals surface area (Å²) in [4.78, 5) is 9.51. The summed E-state index contributed by atoms with van der Waals surface area (Å²) in [5.41, 5.74) is 6.03. The van der Waals surface area contributed by atoms with E-state index in [1.807, 2.05) is 18.3 Å². The molecule has 0 saturated carbocycles. The number of ether oxygens (including phenoxy) is 1. The number of hydrogen-bond donors (Lipinski definition) is 0. The van der Waals surface area contributed by atoms with Crippen LogP contribution in [0.5, 0.6) is 11.5 Å². The van der Waals surface area contributed by atoms with Crippen LogP contribution in [0.4, 0.5) is 5.69 Å². The molecule has 0 aliphatic carbocycles. The van der Waals surface area contributed by atoms with Crippen molar-refractivity contribution in [3.05, 3.63) is 103 Å². The predicted molar refractivity (Wildman–Crippen MR) is 146 cm³/mol. The molecule has 178 valence electrons. The molecule has 5 nitrogen and oxygen atoms in total. The molecule has 5 aromatic rings. The number of aromatic nitrogens is 2. The first kappa shape index (κ1) is 21.1. The van der Waals surface area contributed by atoms with E-state index in [2.05, 4.69) is 99.2 Å². The third kappa shape index (κ3) is 3.59. The number of piperidine rings is 1. The Kier molecular flexibility index (Phi) is 4.95. The normalized spacial score (nSPS) is 15.4. The van der Waals surface area contributed by atoms with Gasteiger partial charge in [-0.2, -0.15) is 0 Å². The second-order valence-electron chi connectivity index (χ2n) is 9.77. The molecule has 1 fully saturated rings. The lowest BCUT2D eigenvalue weighted by atomic mass is 10.1. The molecule has 2 aromatic heterocycles. The third-order valence-corrected chi connectivity index (χ3v) is 7.31. The summed E-state index contributed by atoms with van der Waals surface area (Å²) < 4.78 is 8.65. The number of rotatable bonds is 4. The van der Waals surface area contributed by atoms with Gasteiger partial charge in [0.05, 0.1) is 17.7 Å². The molecule has 4 heterocycles. The van der Waals surface area contributed by atoms with Gasteiger partial charge in [-0.1, -0.05) is 24.3 Å². The Bertz CT molecular complexity index is 1630. The van der Waals surface area contributed by atoms with Crippen LogP contribution < -0.4 is 9.64 Å². The van der Waals surface area contributed by atoms with E-state index in [0.29, 0.717) is 0 Å². The molecule has 0 bridgehead atoms. The lowest BCUT2D eigenvalue weighted by Crippen LogP contribution is -2.29. The SMILES string of the molecule is Cc1ccnc(-n2c3ccccc3c3ccc(Oc4cccc(N5C=C6CCCCN6C5)c4)cc32)c1. The number of benzene rings is 3. The molecular formula is C31H28N4O. The van der Waals surface area contributed by atoms with Crippen LogP contribution in [-0.4, -0.2) is 27.7 Å². The van der Waals surface area contributed by atoms with Crippen molar-refractivity contribution in [3.8, 4) is 17.3 Å². The van der Waals surface area contributed by atoms with Gasteiger partial charge in [-0.3, -0.25) is 4.57 Å². The molecule has 5 heteroatoms. The molecule has 1 saturated heterocycles. The van der Waals surface area contributed by atoms with Crippen molar-refractivity contribution in [2.75, 3.05) is 18.1 Å². The fraction of sp³-hybridized carbons (Fsp3) is 0.194. The quantitative estimate of drug-likeness (QED) is 0.273. The summed E-state index contributed by atoms with van der Waals surface area (Å²) in [6.07, 6.45) is 7.92. The van der Waals surface area contributed by atoms with Crippen LogP contribution in [0.2, 0.25) is 0 Å². The van der Waals surface area contributed by atoms with Crippen molar-refractivity contribution in [2.24, 2.45) is 0 Å². The molecule has 0 radical (unpaired) electrons. The first-order chi connectivity index (χ1) is 17.7. The molecule has 0 N–H and O–H groups in total. The van der Waals surface area contributed by atoms with E-state index in [1.165, 1.54) is 41.3 Å². The van der Waals surface area contributed by atoms with Gasteiger partial charge >= 0.3 is 0 Å². The van der Waals surface area contributed by atoms with Crippen LogP contribution in [0.15, 0.2) is 97.0 Å². The Morgan fingerprint density at radius 2 is 1.69 bits per heavy atom. The summed E-state index contributed by atoms with van der Waals surface area (Å²) in [6.45, 7) is 4.18. The van der Waals surface area contributed by atoms with Gasteiger partial charge in [0.25, 0.3) is 0 Å². The summed E-state index contributed by atoms with van der Waals surface area (Å²) >= 11 is 0. The van der Waals surface area contributed by atoms with Crippen LogP contribution in [0.25, 0.3) is 27.6 Å². The number of fused-ring (bicyclic) bond motifs is 4. The largest absolute Gasteiger partial charge is 0.457 e. The van der Waals surface area contributed by atoms with E-state index in [4.69, 9.17) is 4.74 Å². The zero-order valence-electron chi connectivity index (χ0n) is 20.4. The van der Waals surface area contributed by atoms with Crippen LogP contribution in [-0.2, 0) is 0 Å². The molecule has 36 heavy (non-hydrogen) atoms. The van der Waals surface area contributed by atoms with E-state index < -0.39 is 0 Å². The molecule has 0 unspecified atom stereocenters. The first-order valence-corrected chi connectivity index (χ1v) is 12.7. The second-order valence-corrected chi connectivity index (χ2v) is 9.77. The number of hydrogen-bond acceptors (Lipinski definition) is 4. The van der Waals surface area contributed by atoms with Gasteiger partial charge in [0.1, 0.15) is 17.3 Å². The van der Waals surface area contributed by atoms with E-state index in [9.17, 15) is 0 Å². The smallest absolute Gasteiger partial charge is 0.137 e. The lowest BCUT2D eigenvalue weighted by molar-refractivity contribution is 0.317. The molecule has 3 aromatic carbocycles. The third-order valence-electron chi connectivity index (χ3n) is 7.31. The van der Waals surface area contributed by atoms with Crippen molar-refractivity contribution < 1.29 is 4.74 Å². The number of aryl methyl sites for hydroxylation is 1. The Morgan fingerprint density at radius 1 is 0.806 bits per heavy atom. The molecule has 2 aliphatic rings. The monoisotopic (exact) mass is 472 g/mol. The van der Waals surface area contributed by atoms with Crippen LogP contribution >= 0.6 is 0 Å². The fourth-order valence-electron chi connectivity index (χ4n) is 5.54. The standard InChI is InChI=1S/C31H28N4O/c1-22-14-15-32-31(17-22)35-29-11-3-2-10-27(29)28-13-12-26(19-30(28)35)36-25-9-6-8-23(18-25)34-20-24-7-4-5-16-33(24)21-34/h2-3,6,8-15,17-20H,4-5,7,16,21H2,1H3. The van der Waals surface area contributed by atoms with Gasteiger partial charge in [0.2, 0.25) is 0 Å². The van der Waals surface area contributed by atoms with Crippen molar-refractivity contribution >= 4 is 27.5 Å². The summed E-state index contributed by atoms with van der Waals surface area (Å²) in [5, 5.41) is 2.40. The Labute approximate surface area is 210 Å². The number of allylic oxidation sites excluding steroid dienone is 1.